The normalized spacial score (nSPS) is 26.6. The number of benzene rings is 1. The van der Waals surface area contributed by atoms with E-state index in [2.05, 4.69) is 43.7 Å². The van der Waals surface area contributed by atoms with Crippen LogP contribution in [-0.4, -0.2) is 20.0 Å². The molecule has 1 aromatic carbocycles. The van der Waals surface area contributed by atoms with Crippen molar-refractivity contribution >= 4 is 5.91 Å². The third-order valence-corrected chi connectivity index (χ3v) is 5.40. The molecule has 2 saturated carbocycles. The van der Waals surface area contributed by atoms with E-state index in [-0.39, 0.29) is 5.91 Å². The van der Waals surface area contributed by atoms with E-state index in [1.54, 1.807) is 0 Å². The minimum Gasteiger partial charge on any atom is -0.352 e. The first-order chi connectivity index (χ1) is 10.6. The standard InChI is InChI=1S/C19H28N2O/c1-21(2)13-15-5-3-14(4-6-15)12-20-19(22)11-18-10-16-7-8-17(18)9-16/h3-6,16-18H,7-13H2,1-2H3,(H,20,22)/p+1/t16-,17+,18+/m0/s1. The number of rotatable bonds is 6. The van der Waals surface area contributed by atoms with Crippen molar-refractivity contribution in [3.63, 3.8) is 0 Å². The first-order valence-corrected chi connectivity index (χ1v) is 8.73. The lowest BCUT2D eigenvalue weighted by atomic mass is 9.86. The largest absolute Gasteiger partial charge is 0.352 e. The van der Waals surface area contributed by atoms with Crippen molar-refractivity contribution in [1.82, 2.24) is 5.32 Å². The second-order valence-corrected chi connectivity index (χ2v) is 7.62. The van der Waals surface area contributed by atoms with Gasteiger partial charge in [-0.05, 0) is 42.6 Å². The highest BCUT2D eigenvalue weighted by molar-refractivity contribution is 5.76. The van der Waals surface area contributed by atoms with E-state index < -0.39 is 0 Å². The molecule has 3 heteroatoms. The van der Waals surface area contributed by atoms with Gasteiger partial charge in [0.25, 0.3) is 0 Å². The quantitative estimate of drug-likeness (QED) is 0.825. The van der Waals surface area contributed by atoms with Crippen molar-refractivity contribution in [1.29, 1.82) is 0 Å². The summed E-state index contributed by atoms with van der Waals surface area (Å²) < 4.78 is 0. The van der Waals surface area contributed by atoms with Gasteiger partial charge >= 0.3 is 0 Å². The highest BCUT2D eigenvalue weighted by Crippen LogP contribution is 2.49. The van der Waals surface area contributed by atoms with Gasteiger partial charge in [0.2, 0.25) is 5.91 Å². The van der Waals surface area contributed by atoms with Gasteiger partial charge in [-0.25, -0.2) is 0 Å². The molecule has 2 fully saturated rings. The third kappa shape index (κ3) is 3.89. The van der Waals surface area contributed by atoms with Crippen molar-refractivity contribution < 1.29 is 9.69 Å². The molecule has 22 heavy (non-hydrogen) atoms. The topological polar surface area (TPSA) is 33.5 Å². The molecule has 0 aromatic heterocycles. The van der Waals surface area contributed by atoms with Crippen molar-refractivity contribution in [3.8, 4) is 0 Å². The zero-order chi connectivity index (χ0) is 15.5. The van der Waals surface area contributed by atoms with E-state index in [0.29, 0.717) is 12.5 Å². The lowest BCUT2D eigenvalue weighted by molar-refractivity contribution is -0.872. The molecule has 0 spiro atoms. The number of nitrogens with one attached hydrogen (secondary N) is 2. The Morgan fingerprint density at radius 3 is 2.45 bits per heavy atom. The van der Waals surface area contributed by atoms with Crippen LogP contribution in [0.4, 0.5) is 0 Å². The van der Waals surface area contributed by atoms with Gasteiger partial charge in [0.15, 0.2) is 0 Å². The fraction of sp³-hybridized carbons (Fsp3) is 0.632. The molecular weight excluding hydrogens is 272 g/mol. The summed E-state index contributed by atoms with van der Waals surface area (Å²) in [5, 5.41) is 3.10. The molecule has 2 aliphatic rings. The van der Waals surface area contributed by atoms with Gasteiger partial charge in [0.05, 0.1) is 14.1 Å². The van der Waals surface area contributed by atoms with Crippen molar-refractivity contribution in [2.24, 2.45) is 17.8 Å². The Hall–Kier alpha value is -1.35. The van der Waals surface area contributed by atoms with E-state index in [0.717, 1.165) is 24.8 Å². The van der Waals surface area contributed by atoms with Crippen molar-refractivity contribution in [3.05, 3.63) is 35.4 Å². The minimum atomic E-state index is 0.236. The molecule has 3 nitrogen and oxygen atoms in total. The number of carbonyl (C=O) groups excluding carboxylic acids is 1. The SMILES string of the molecule is C[NH+](C)Cc1ccc(CNC(=O)C[C@H]2C[C@H]3CC[C@@H]2C3)cc1. The number of quaternary nitrogens is 1. The Morgan fingerprint density at radius 1 is 1.14 bits per heavy atom. The molecule has 3 rings (SSSR count). The molecule has 2 N–H and O–H groups in total. The monoisotopic (exact) mass is 301 g/mol. The summed E-state index contributed by atoms with van der Waals surface area (Å²) >= 11 is 0. The molecule has 1 amide bonds. The average Bonchev–Trinajstić information content (AvgIpc) is 3.08. The maximum atomic E-state index is 12.1. The molecule has 2 bridgehead atoms. The fourth-order valence-corrected chi connectivity index (χ4v) is 4.32. The minimum absolute atomic E-state index is 0.236. The van der Waals surface area contributed by atoms with Gasteiger partial charge in [0, 0.05) is 18.5 Å². The van der Waals surface area contributed by atoms with E-state index >= 15 is 0 Å². The summed E-state index contributed by atoms with van der Waals surface area (Å²) in [5.74, 6) is 2.65. The maximum absolute atomic E-state index is 12.1. The molecule has 0 saturated heterocycles. The Kier molecular flexibility index (Phi) is 4.82. The van der Waals surface area contributed by atoms with Crippen LogP contribution in [0, 0.1) is 17.8 Å². The number of hydrogen-bond acceptors (Lipinski definition) is 1. The maximum Gasteiger partial charge on any atom is 0.220 e. The first kappa shape index (κ1) is 15.5. The predicted molar refractivity (Wildman–Crippen MR) is 88.4 cm³/mol. The molecule has 0 heterocycles. The summed E-state index contributed by atoms with van der Waals surface area (Å²) in [7, 11) is 4.31. The van der Waals surface area contributed by atoms with Crippen molar-refractivity contribution in [2.75, 3.05) is 14.1 Å². The van der Waals surface area contributed by atoms with Crippen LogP contribution < -0.4 is 10.2 Å². The van der Waals surface area contributed by atoms with Gasteiger partial charge < -0.3 is 10.2 Å². The van der Waals surface area contributed by atoms with Crippen LogP contribution in [0.1, 0.15) is 43.2 Å². The highest BCUT2D eigenvalue weighted by Gasteiger charge is 2.39. The van der Waals surface area contributed by atoms with Gasteiger partial charge in [0.1, 0.15) is 6.54 Å². The number of carbonyl (C=O) groups is 1. The van der Waals surface area contributed by atoms with E-state index in [4.69, 9.17) is 0 Å². The lowest BCUT2D eigenvalue weighted by Gasteiger charge is -2.20. The van der Waals surface area contributed by atoms with Crippen LogP contribution in [0.3, 0.4) is 0 Å². The Balaban J connectivity index is 1.43. The molecule has 1 aromatic rings. The molecule has 0 unspecified atom stereocenters. The van der Waals surface area contributed by atoms with Gasteiger partial charge in [-0.1, -0.05) is 30.7 Å². The van der Waals surface area contributed by atoms with Crippen LogP contribution in [0.25, 0.3) is 0 Å². The molecular formula is C19H29N2O+. The zero-order valence-electron chi connectivity index (χ0n) is 13.9. The van der Waals surface area contributed by atoms with Crippen LogP contribution in [0.5, 0.6) is 0 Å². The molecule has 0 aliphatic heterocycles. The van der Waals surface area contributed by atoms with Crippen LogP contribution in [-0.2, 0) is 17.9 Å². The Bertz CT molecular complexity index is 509. The van der Waals surface area contributed by atoms with Crippen molar-refractivity contribution in [2.45, 2.75) is 45.2 Å². The van der Waals surface area contributed by atoms with E-state index in [1.165, 1.54) is 41.7 Å². The third-order valence-electron chi connectivity index (χ3n) is 5.40. The van der Waals surface area contributed by atoms with Crippen LogP contribution in [0.15, 0.2) is 24.3 Å². The Morgan fingerprint density at radius 2 is 1.86 bits per heavy atom. The average molecular weight is 301 g/mol. The fourth-order valence-electron chi connectivity index (χ4n) is 4.32. The van der Waals surface area contributed by atoms with Gasteiger partial charge in [-0.2, -0.15) is 0 Å². The molecule has 2 aliphatic carbocycles. The summed E-state index contributed by atoms with van der Waals surface area (Å²) in [6.45, 7) is 1.70. The highest BCUT2D eigenvalue weighted by atomic mass is 16.1. The molecule has 120 valence electrons. The van der Waals surface area contributed by atoms with Gasteiger partial charge in [-0.3, -0.25) is 4.79 Å². The Labute approximate surface area is 134 Å². The smallest absolute Gasteiger partial charge is 0.220 e. The van der Waals surface area contributed by atoms with E-state index in [1.807, 2.05) is 0 Å². The van der Waals surface area contributed by atoms with Gasteiger partial charge in [-0.15, -0.1) is 0 Å². The number of hydrogen-bond donors (Lipinski definition) is 2. The van der Waals surface area contributed by atoms with Crippen LogP contribution in [0.2, 0.25) is 0 Å². The zero-order valence-corrected chi connectivity index (χ0v) is 13.9. The summed E-state index contributed by atoms with van der Waals surface area (Å²) in [4.78, 5) is 13.6. The molecule has 0 radical (unpaired) electrons. The summed E-state index contributed by atoms with van der Waals surface area (Å²) in [6, 6.07) is 8.61. The summed E-state index contributed by atoms with van der Waals surface area (Å²) in [6.07, 6.45) is 6.18. The molecule has 3 atom stereocenters. The van der Waals surface area contributed by atoms with Crippen LogP contribution >= 0.6 is 0 Å². The first-order valence-electron chi connectivity index (χ1n) is 8.73. The second kappa shape index (κ2) is 6.82. The van der Waals surface area contributed by atoms with E-state index in [9.17, 15) is 4.79 Å². The number of fused-ring (bicyclic) bond motifs is 2. The predicted octanol–water partition coefficient (Wildman–Crippen LogP) is 1.77. The second-order valence-electron chi connectivity index (χ2n) is 7.62. The lowest BCUT2D eigenvalue weighted by Crippen LogP contribution is -3.04. The number of amides is 1. The summed E-state index contributed by atoms with van der Waals surface area (Å²) in [5.41, 5.74) is 2.54.